The summed E-state index contributed by atoms with van der Waals surface area (Å²) in [5, 5.41) is 0. The highest BCUT2D eigenvalue weighted by Gasteiger charge is 2.08. The molecule has 0 spiro atoms. The Bertz CT molecular complexity index is 249. The van der Waals surface area contributed by atoms with Crippen molar-refractivity contribution in [2.75, 3.05) is 13.2 Å². The highest BCUT2D eigenvalue weighted by Crippen LogP contribution is 2.16. The lowest BCUT2D eigenvalue weighted by atomic mass is 10.3. The van der Waals surface area contributed by atoms with Gasteiger partial charge in [0, 0.05) is 6.42 Å². The average Bonchev–Trinajstić information content (AvgIpc) is 2.41. The van der Waals surface area contributed by atoms with Gasteiger partial charge in [-0.15, -0.1) is 0 Å². The molecule has 0 aromatic carbocycles. The Hall–Kier alpha value is -1.18. The van der Waals surface area contributed by atoms with Crippen LogP contribution in [-0.2, 0) is 9.47 Å². The molecular weight excluding hydrogens is 176 g/mol. The van der Waals surface area contributed by atoms with E-state index in [-0.39, 0.29) is 0 Å². The van der Waals surface area contributed by atoms with Crippen molar-refractivity contribution in [3.05, 3.63) is 35.8 Å². The van der Waals surface area contributed by atoms with Gasteiger partial charge in [0.15, 0.2) is 11.5 Å². The van der Waals surface area contributed by atoms with Crippen LogP contribution in [0.15, 0.2) is 35.8 Å². The predicted molar refractivity (Wildman–Crippen MR) is 57.8 cm³/mol. The van der Waals surface area contributed by atoms with Crippen LogP contribution in [0, 0.1) is 0 Å². The van der Waals surface area contributed by atoms with Crippen molar-refractivity contribution in [2.24, 2.45) is 0 Å². The van der Waals surface area contributed by atoms with E-state index in [1.807, 2.05) is 25.2 Å². The van der Waals surface area contributed by atoms with Gasteiger partial charge in [-0.05, 0) is 25.5 Å². The summed E-state index contributed by atoms with van der Waals surface area (Å²) in [5.41, 5.74) is 0. The van der Waals surface area contributed by atoms with E-state index < -0.39 is 0 Å². The molecule has 0 fully saturated rings. The van der Waals surface area contributed by atoms with Gasteiger partial charge in [-0.1, -0.05) is 19.1 Å². The third-order valence-corrected chi connectivity index (χ3v) is 1.87. The molecule has 2 nitrogen and oxygen atoms in total. The SMILES string of the molecule is C/C=C\C1=C(C=CCC)OCCCO1. The van der Waals surface area contributed by atoms with Crippen molar-refractivity contribution in [3.63, 3.8) is 0 Å². The summed E-state index contributed by atoms with van der Waals surface area (Å²) in [5.74, 6) is 1.69. The van der Waals surface area contributed by atoms with Crippen molar-refractivity contribution in [1.82, 2.24) is 0 Å². The lowest BCUT2D eigenvalue weighted by Gasteiger charge is -2.05. The second kappa shape index (κ2) is 6.30. The zero-order chi connectivity index (χ0) is 10.2. The Morgan fingerprint density at radius 2 is 1.79 bits per heavy atom. The number of allylic oxidation sites excluding steroid dienone is 4. The molecule has 0 aliphatic carbocycles. The van der Waals surface area contributed by atoms with Crippen LogP contribution in [0.1, 0.15) is 26.7 Å². The van der Waals surface area contributed by atoms with Crippen LogP contribution in [0.4, 0.5) is 0 Å². The van der Waals surface area contributed by atoms with Gasteiger partial charge in [0.05, 0.1) is 13.2 Å². The molecule has 1 rings (SSSR count). The molecular formula is C12H18O2. The van der Waals surface area contributed by atoms with E-state index in [4.69, 9.17) is 9.47 Å². The topological polar surface area (TPSA) is 18.5 Å². The molecule has 0 saturated heterocycles. The third kappa shape index (κ3) is 3.29. The summed E-state index contributed by atoms with van der Waals surface area (Å²) in [7, 11) is 0. The Kier molecular flexibility index (Phi) is 4.90. The smallest absolute Gasteiger partial charge is 0.160 e. The van der Waals surface area contributed by atoms with Crippen LogP contribution in [0.5, 0.6) is 0 Å². The maximum atomic E-state index is 5.59. The largest absolute Gasteiger partial charge is 0.490 e. The fraction of sp³-hybridized carbons (Fsp3) is 0.500. The van der Waals surface area contributed by atoms with E-state index >= 15 is 0 Å². The van der Waals surface area contributed by atoms with Crippen molar-refractivity contribution in [2.45, 2.75) is 26.7 Å². The fourth-order valence-electron chi connectivity index (χ4n) is 1.20. The minimum absolute atomic E-state index is 0.739. The Balaban J connectivity index is 2.80. The summed E-state index contributed by atoms with van der Waals surface area (Å²) in [4.78, 5) is 0. The van der Waals surface area contributed by atoms with E-state index in [9.17, 15) is 0 Å². The number of hydrogen-bond acceptors (Lipinski definition) is 2. The first-order valence-electron chi connectivity index (χ1n) is 5.17. The van der Waals surface area contributed by atoms with Crippen LogP contribution in [-0.4, -0.2) is 13.2 Å². The fourth-order valence-corrected chi connectivity index (χ4v) is 1.20. The molecule has 0 bridgehead atoms. The summed E-state index contributed by atoms with van der Waals surface area (Å²) < 4.78 is 11.2. The summed E-state index contributed by atoms with van der Waals surface area (Å²) in [6, 6.07) is 0. The molecule has 0 aromatic heterocycles. The lowest BCUT2D eigenvalue weighted by Crippen LogP contribution is -1.92. The summed E-state index contributed by atoms with van der Waals surface area (Å²) >= 11 is 0. The van der Waals surface area contributed by atoms with Crippen LogP contribution in [0.25, 0.3) is 0 Å². The summed E-state index contributed by atoms with van der Waals surface area (Å²) in [6.45, 7) is 5.56. The van der Waals surface area contributed by atoms with Gasteiger partial charge in [0.25, 0.3) is 0 Å². The van der Waals surface area contributed by atoms with Crippen LogP contribution < -0.4 is 0 Å². The molecule has 0 unspecified atom stereocenters. The first-order valence-corrected chi connectivity index (χ1v) is 5.17. The average molecular weight is 194 g/mol. The van der Waals surface area contributed by atoms with Gasteiger partial charge in [0.2, 0.25) is 0 Å². The van der Waals surface area contributed by atoms with E-state index in [1.165, 1.54) is 0 Å². The van der Waals surface area contributed by atoms with Crippen molar-refractivity contribution in [1.29, 1.82) is 0 Å². The quantitative estimate of drug-likeness (QED) is 0.687. The molecule has 1 heterocycles. The Morgan fingerprint density at radius 1 is 1.14 bits per heavy atom. The standard InChI is InChI=1S/C12H18O2/c1-3-5-8-12-11(7-4-2)13-9-6-10-14-12/h4-5,7-8H,3,6,9-10H2,1-2H3/b7-4-,8-5?. The number of ether oxygens (including phenoxy) is 2. The number of hydrogen-bond donors (Lipinski definition) is 0. The van der Waals surface area contributed by atoms with Crippen molar-refractivity contribution >= 4 is 0 Å². The normalized spacial score (nSPS) is 18.4. The minimum Gasteiger partial charge on any atom is -0.490 e. The molecule has 0 atom stereocenters. The van der Waals surface area contributed by atoms with Gasteiger partial charge < -0.3 is 9.47 Å². The maximum Gasteiger partial charge on any atom is 0.160 e. The van der Waals surface area contributed by atoms with Gasteiger partial charge in [0.1, 0.15) is 0 Å². The van der Waals surface area contributed by atoms with Crippen molar-refractivity contribution < 1.29 is 9.47 Å². The predicted octanol–water partition coefficient (Wildman–Crippen LogP) is 3.18. The van der Waals surface area contributed by atoms with Gasteiger partial charge >= 0.3 is 0 Å². The molecule has 1 aliphatic rings. The molecule has 14 heavy (non-hydrogen) atoms. The molecule has 0 amide bonds. The van der Waals surface area contributed by atoms with E-state index in [0.717, 1.165) is 37.6 Å². The van der Waals surface area contributed by atoms with E-state index in [0.29, 0.717) is 0 Å². The molecule has 2 heteroatoms. The van der Waals surface area contributed by atoms with Crippen LogP contribution in [0.3, 0.4) is 0 Å². The zero-order valence-corrected chi connectivity index (χ0v) is 8.95. The third-order valence-electron chi connectivity index (χ3n) is 1.87. The minimum atomic E-state index is 0.739. The highest BCUT2D eigenvalue weighted by atomic mass is 16.5. The first kappa shape index (κ1) is 10.9. The van der Waals surface area contributed by atoms with Gasteiger partial charge in [-0.2, -0.15) is 0 Å². The van der Waals surface area contributed by atoms with Crippen LogP contribution in [0.2, 0.25) is 0 Å². The molecule has 0 aromatic rings. The maximum absolute atomic E-state index is 5.59. The van der Waals surface area contributed by atoms with Gasteiger partial charge in [-0.3, -0.25) is 0 Å². The number of rotatable bonds is 3. The molecule has 0 saturated carbocycles. The Morgan fingerprint density at radius 3 is 2.36 bits per heavy atom. The van der Waals surface area contributed by atoms with Gasteiger partial charge in [-0.25, -0.2) is 0 Å². The molecule has 1 aliphatic heterocycles. The second-order valence-corrected chi connectivity index (χ2v) is 3.09. The zero-order valence-electron chi connectivity index (χ0n) is 8.95. The lowest BCUT2D eigenvalue weighted by molar-refractivity contribution is 0.214. The molecule has 0 N–H and O–H groups in total. The monoisotopic (exact) mass is 194 g/mol. The molecule has 0 radical (unpaired) electrons. The highest BCUT2D eigenvalue weighted by molar-refractivity contribution is 5.24. The van der Waals surface area contributed by atoms with Crippen LogP contribution >= 0.6 is 0 Å². The Labute approximate surface area is 85.9 Å². The summed E-state index contributed by atoms with van der Waals surface area (Å²) in [6.07, 6.45) is 9.93. The van der Waals surface area contributed by atoms with Crippen molar-refractivity contribution in [3.8, 4) is 0 Å². The first-order chi connectivity index (χ1) is 6.88. The van der Waals surface area contributed by atoms with E-state index in [1.54, 1.807) is 0 Å². The van der Waals surface area contributed by atoms with E-state index in [2.05, 4.69) is 13.0 Å². The molecule has 78 valence electrons. The second-order valence-electron chi connectivity index (χ2n) is 3.09.